The van der Waals surface area contributed by atoms with E-state index in [0.717, 1.165) is 5.56 Å². The molecule has 4 rings (SSSR count). The van der Waals surface area contributed by atoms with E-state index >= 15 is 0 Å². The monoisotopic (exact) mass is 465 g/mol. The Kier molecular flexibility index (Phi) is 6.36. The average molecular weight is 465 g/mol. The van der Waals surface area contributed by atoms with E-state index in [4.69, 9.17) is 26.1 Å². The zero-order valence-corrected chi connectivity index (χ0v) is 18.3. The lowest BCUT2D eigenvalue weighted by atomic mass is 10.1. The molecule has 33 heavy (non-hydrogen) atoms. The summed E-state index contributed by atoms with van der Waals surface area (Å²) in [6.07, 6.45) is 3.22. The SMILES string of the molecule is COc1cc(/C=C2/NC(=S)N(Cc3ccco3)C2=O)ccc1OCc1ccc([N+](=O)[O-])cc1. The van der Waals surface area contributed by atoms with Crippen molar-refractivity contribution in [1.29, 1.82) is 0 Å². The van der Waals surface area contributed by atoms with Crippen molar-refractivity contribution in [2.75, 3.05) is 7.11 Å². The fourth-order valence-electron chi connectivity index (χ4n) is 3.21. The third-order valence-electron chi connectivity index (χ3n) is 4.90. The standard InChI is InChI=1S/C23H19N3O6S/c1-30-21-12-16(6-9-20(21)32-14-15-4-7-17(8-5-15)26(28)29)11-19-22(27)25(23(33)24-19)13-18-3-2-10-31-18/h2-12H,13-14H2,1H3,(H,24,33)/b19-11+. The molecule has 1 aliphatic heterocycles. The maximum Gasteiger partial charge on any atom is 0.276 e. The summed E-state index contributed by atoms with van der Waals surface area (Å²) >= 11 is 5.29. The molecule has 10 heteroatoms. The molecule has 0 spiro atoms. The number of nitro benzene ring substituents is 1. The highest BCUT2D eigenvalue weighted by Gasteiger charge is 2.31. The Hall–Kier alpha value is -4.18. The quantitative estimate of drug-likeness (QED) is 0.230. The van der Waals surface area contributed by atoms with Gasteiger partial charge in [0.25, 0.3) is 11.6 Å². The van der Waals surface area contributed by atoms with Crippen LogP contribution in [0.15, 0.2) is 71.0 Å². The molecule has 1 N–H and O–H groups in total. The summed E-state index contributed by atoms with van der Waals surface area (Å²) in [5.74, 6) is 1.35. The number of rotatable bonds is 8. The third kappa shape index (κ3) is 5.01. The Morgan fingerprint density at radius 2 is 1.97 bits per heavy atom. The summed E-state index contributed by atoms with van der Waals surface area (Å²) in [7, 11) is 1.52. The number of methoxy groups -OCH3 is 1. The van der Waals surface area contributed by atoms with Crippen LogP contribution in [-0.4, -0.2) is 28.0 Å². The normalized spacial score (nSPS) is 14.5. The Balaban J connectivity index is 1.46. The molecule has 1 aromatic heterocycles. The number of hydrogen-bond donors (Lipinski definition) is 1. The zero-order chi connectivity index (χ0) is 23.4. The van der Waals surface area contributed by atoms with Crippen LogP contribution < -0.4 is 14.8 Å². The van der Waals surface area contributed by atoms with Crippen LogP contribution >= 0.6 is 12.2 Å². The van der Waals surface area contributed by atoms with Crippen molar-refractivity contribution < 1.29 is 23.6 Å². The fraction of sp³-hybridized carbons (Fsp3) is 0.130. The molecule has 0 saturated carbocycles. The molecule has 1 amide bonds. The number of ether oxygens (including phenoxy) is 2. The number of nitrogens with one attached hydrogen (secondary N) is 1. The van der Waals surface area contributed by atoms with Gasteiger partial charge in [0.15, 0.2) is 16.6 Å². The number of carbonyl (C=O) groups excluding carboxylic acids is 1. The molecular formula is C23H19N3O6S. The number of nitro groups is 1. The second-order valence-corrected chi connectivity index (χ2v) is 7.47. The number of nitrogens with zero attached hydrogens (tertiary/aromatic N) is 2. The average Bonchev–Trinajstić information content (AvgIpc) is 3.42. The molecule has 0 atom stereocenters. The first-order valence-electron chi connectivity index (χ1n) is 9.85. The summed E-state index contributed by atoms with van der Waals surface area (Å²) in [5, 5.41) is 14.0. The van der Waals surface area contributed by atoms with Gasteiger partial charge in [0.2, 0.25) is 0 Å². The lowest BCUT2D eigenvalue weighted by Crippen LogP contribution is -2.29. The summed E-state index contributed by atoms with van der Waals surface area (Å²) < 4.78 is 16.5. The Bertz CT molecular complexity index is 1220. The van der Waals surface area contributed by atoms with E-state index in [0.29, 0.717) is 33.6 Å². The topological polar surface area (TPSA) is 107 Å². The maximum absolute atomic E-state index is 12.8. The first-order chi connectivity index (χ1) is 15.9. The first-order valence-corrected chi connectivity index (χ1v) is 10.3. The highest BCUT2D eigenvalue weighted by Crippen LogP contribution is 2.30. The van der Waals surface area contributed by atoms with E-state index in [1.165, 1.54) is 24.1 Å². The Morgan fingerprint density at radius 1 is 1.18 bits per heavy atom. The van der Waals surface area contributed by atoms with E-state index in [1.54, 1.807) is 54.8 Å². The molecule has 2 heterocycles. The fourth-order valence-corrected chi connectivity index (χ4v) is 3.47. The van der Waals surface area contributed by atoms with Gasteiger partial charge in [-0.3, -0.25) is 19.8 Å². The highest BCUT2D eigenvalue weighted by atomic mass is 32.1. The molecule has 0 radical (unpaired) electrons. The number of benzene rings is 2. The van der Waals surface area contributed by atoms with Gasteiger partial charge < -0.3 is 19.2 Å². The number of non-ortho nitro benzene ring substituents is 1. The van der Waals surface area contributed by atoms with Crippen LogP contribution in [0.3, 0.4) is 0 Å². The molecule has 0 aliphatic carbocycles. The van der Waals surface area contributed by atoms with Gasteiger partial charge in [-0.25, -0.2) is 0 Å². The number of thiocarbonyl (C=S) groups is 1. The minimum absolute atomic E-state index is 0.0194. The largest absolute Gasteiger partial charge is 0.493 e. The molecule has 1 saturated heterocycles. The van der Waals surface area contributed by atoms with Crippen molar-refractivity contribution in [3.05, 3.63) is 93.6 Å². The van der Waals surface area contributed by atoms with Gasteiger partial charge >= 0.3 is 0 Å². The smallest absolute Gasteiger partial charge is 0.276 e. The summed E-state index contributed by atoms with van der Waals surface area (Å²) in [4.78, 5) is 24.5. The number of hydrogen-bond acceptors (Lipinski definition) is 7. The van der Waals surface area contributed by atoms with Gasteiger partial charge in [0, 0.05) is 12.1 Å². The molecule has 1 aliphatic rings. The van der Waals surface area contributed by atoms with E-state index in [-0.39, 0.29) is 24.7 Å². The van der Waals surface area contributed by atoms with Gasteiger partial charge in [-0.05, 0) is 65.8 Å². The third-order valence-corrected chi connectivity index (χ3v) is 5.22. The molecule has 9 nitrogen and oxygen atoms in total. The van der Waals surface area contributed by atoms with Crippen molar-refractivity contribution in [2.24, 2.45) is 0 Å². The predicted molar refractivity (Wildman–Crippen MR) is 123 cm³/mol. The summed E-state index contributed by atoms with van der Waals surface area (Å²) in [5.41, 5.74) is 1.85. The van der Waals surface area contributed by atoms with Crippen LogP contribution in [0.1, 0.15) is 16.9 Å². The van der Waals surface area contributed by atoms with Crippen LogP contribution in [0, 0.1) is 10.1 Å². The maximum atomic E-state index is 12.8. The van der Waals surface area contributed by atoms with E-state index in [9.17, 15) is 14.9 Å². The molecule has 168 valence electrons. The minimum Gasteiger partial charge on any atom is -0.493 e. The Labute approximate surface area is 194 Å². The summed E-state index contributed by atoms with van der Waals surface area (Å²) in [6, 6.07) is 14.9. The van der Waals surface area contributed by atoms with Crippen LogP contribution in [0.4, 0.5) is 5.69 Å². The van der Waals surface area contributed by atoms with Crippen LogP contribution in [0.2, 0.25) is 0 Å². The van der Waals surface area contributed by atoms with E-state index in [1.807, 2.05) is 0 Å². The zero-order valence-electron chi connectivity index (χ0n) is 17.5. The number of amides is 1. The lowest BCUT2D eigenvalue weighted by Gasteiger charge is -2.12. The van der Waals surface area contributed by atoms with Crippen LogP contribution in [0.25, 0.3) is 6.08 Å². The molecule has 2 aromatic carbocycles. The first kappa shape index (κ1) is 22.0. The predicted octanol–water partition coefficient (Wildman–Crippen LogP) is 4.03. The van der Waals surface area contributed by atoms with E-state index in [2.05, 4.69) is 5.32 Å². The second-order valence-electron chi connectivity index (χ2n) is 7.08. The molecule has 3 aromatic rings. The van der Waals surface area contributed by atoms with Crippen molar-refractivity contribution in [1.82, 2.24) is 10.2 Å². The highest BCUT2D eigenvalue weighted by molar-refractivity contribution is 7.80. The van der Waals surface area contributed by atoms with Gasteiger partial charge in [-0.2, -0.15) is 0 Å². The molecule has 0 unspecified atom stereocenters. The van der Waals surface area contributed by atoms with Crippen molar-refractivity contribution >= 4 is 35.0 Å². The number of furan rings is 1. The molecule has 0 bridgehead atoms. The van der Waals surface area contributed by atoms with E-state index < -0.39 is 4.92 Å². The molecular weight excluding hydrogens is 446 g/mol. The van der Waals surface area contributed by atoms with Gasteiger partial charge in [0.1, 0.15) is 18.1 Å². The molecule has 1 fully saturated rings. The lowest BCUT2D eigenvalue weighted by molar-refractivity contribution is -0.384. The van der Waals surface area contributed by atoms with Crippen molar-refractivity contribution in [2.45, 2.75) is 13.2 Å². The van der Waals surface area contributed by atoms with Crippen LogP contribution in [-0.2, 0) is 17.9 Å². The summed E-state index contributed by atoms with van der Waals surface area (Å²) in [6.45, 7) is 0.457. The van der Waals surface area contributed by atoms with Gasteiger partial charge in [-0.15, -0.1) is 0 Å². The second kappa shape index (κ2) is 9.53. The van der Waals surface area contributed by atoms with Crippen molar-refractivity contribution in [3.63, 3.8) is 0 Å². The number of carbonyl (C=O) groups is 1. The van der Waals surface area contributed by atoms with Crippen LogP contribution in [0.5, 0.6) is 11.5 Å². The van der Waals surface area contributed by atoms with Crippen molar-refractivity contribution in [3.8, 4) is 11.5 Å². The van der Waals surface area contributed by atoms with Gasteiger partial charge in [0.05, 0.1) is 24.8 Å². The Morgan fingerprint density at radius 3 is 2.64 bits per heavy atom. The van der Waals surface area contributed by atoms with Gasteiger partial charge in [-0.1, -0.05) is 6.07 Å². The minimum atomic E-state index is -0.451.